The number of nitrogens with zero attached hydrogens (tertiary/aromatic N) is 4. The third-order valence-electron chi connectivity index (χ3n) is 7.29. The molecule has 0 radical (unpaired) electrons. The van der Waals surface area contributed by atoms with Crippen molar-refractivity contribution in [3.63, 3.8) is 0 Å². The summed E-state index contributed by atoms with van der Waals surface area (Å²) in [6, 6.07) is 15.9. The first-order valence-electron chi connectivity index (χ1n) is 13.8. The summed E-state index contributed by atoms with van der Waals surface area (Å²) in [6.45, 7) is 8.56. The van der Waals surface area contributed by atoms with Gasteiger partial charge in [-0.25, -0.2) is 9.67 Å². The Labute approximate surface area is 248 Å². The van der Waals surface area contributed by atoms with E-state index < -0.39 is 0 Å². The molecule has 0 unspecified atom stereocenters. The number of carbonyl (C=O) groups is 1. The Balaban J connectivity index is 1.35. The molecule has 1 amide bonds. The number of amides is 1. The van der Waals surface area contributed by atoms with Crippen molar-refractivity contribution in [2.75, 3.05) is 20.8 Å². The van der Waals surface area contributed by atoms with Gasteiger partial charge in [-0.3, -0.25) is 14.0 Å². The van der Waals surface area contributed by atoms with Crippen molar-refractivity contribution in [3.8, 4) is 28.4 Å². The van der Waals surface area contributed by atoms with E-state index in [9.17, 15) is 9.59 Å². The van der Waals surface area contributed by atoms with Crippen molar-refractivity contribution in [1.82, 2.24) is 24.5 Å². The molecule has 0 aliphatic heterocycles. The first-order chi connectivity index (χ1) is 20.2. The SMILES string of the molecule is COc1ccc(CCNC(=O)Cc2csc3nc(C)c(-c4cc(C)n(-c5ccc(C(C)C)cc5)n4)c(=O)n23)cc1OC. The number of hydrogen-bond donors (Lipinski definition) is 1. The summed E-state index contributed by atoms with van der Waals surface area (Å²) in [5.41, 5.74) is 6.06. The van der Waals surface area contributed by atoms with E-state index in [1.807, 2.05) is 60.3 Å². The van der Waals surface area contributed by atoms with Gasteiger partial charge in [-0.15, -0.1) is 11.3 Å². The number of hydrogen-bond acceptors (Lipinski definition) is 7. The number of thiazole rings is 1. The number of aromatic nitrogens is 4. The zero-order chi connectivity index (χ0) is 30.0. The lowest BCUT2D eigenvalue weighted by atomic mass is 10.0. The number of ether oxygens (including phenoxy) is 2. The van der Waals surface area contributed by atoms with Crippen LogP contribution in [0, 0.1) is 13.8 Å². The number of nitrogens with one attached hydrogen (secondary N) is 1. The summed E-state index contributed by atoms with van der Waals surface area (Å²) in [7, 11) is 3.19. The minimum atomic E-state index is -0.230. The minimum absolute atomic E-state index is 0.0612. The Morgan fingerprint density at radius 3 is 2.45 bits per heavy atom. The quantitative estimate of drug-likeness (QED) is 0.240. The molecule has 218 valence electrons. The van der Waals surface area contributed by atoms with Crippen molar-refractivity contribution < 1.29 is 14.3 Å². The zero-order valence-corrected chi connectivity index (χ0v) is 25.5. The predicted octanol–water partition coefficient (Wildman–Crippen LogP) is 5.27. The van der Waals surface area contributed by atoms with Gasteiger partial charge in [0.15, 0.2) is 16.5 Å². The van der Waals surface area contributed by atoms with Crippen LogP contribution in [0.2, 0.25) is 0 Å². The number of methoxy groups -OCH3 is 2. The van der Waals surface area contributed by atoms with Gasteiger partial charge < -0.3 is 14.8 Å². The maximum atomic E-state index is 13.8. The molecule has 3 aromatic heterocycles. The van der Waals surface area contributed by atoms with Crippen molar-refractivity contribution in [1.29, 1.82) is 0 Å². The number of fused-ring (bicyclic) bond motifs is 1. The topological polar surface area (TPSA) is 99.7 Å². The smallest absolute Gasteiger partial charge is 0.268 e. The lowest BCUT2D eigenvalue weighted by Gasteiger charge is -2.10. The lowest BCUT2D eigenvalue weighted by molar-refractivity contribution is -0.120. The summed E-state index contributed by atoms with van der Waals surface area (Å²) in [5, 5.41) is 9.57. The van der Waals surface area contributed by atoms with Gasteiger partial charge in [0.25, 0.3) is 5.56 Å². The molecule has 0 saturated heterocycles. The maximum absolute atomic E-state index is 13.8. The Kier molecular flexibility index (Phi) is 8.44. The van der Waals surface area contributed by atoms with Gasteiger partial charge in [-0.2, -0.15) is 5.10 Å². The van der Waals surface area contributed by atoms with Gasteiger partial charge in [-0.1, -0.05) is 32.0 Å². The van der Waals surface area contributed by atoms with Crippen LogP contribution in [0.5, 0.6) is 11.5 Å². The molecule has 5 aromatic rings. The van der Waals surface area contributed by atoms with Crippen LogP contribution in [0.25, 0.3) is 21.9 Å². The molecule has 10 heteroatoms. The van der Waals surface area contributed by atoms with Crippen LogP contribution >= 0.6 is 11.3 Å². The Bertz CT molecular complexity index is 1800. The fourth-order valence-electron chi connectivity index (χ4n) is 4.99. The highest BCUT2D eigenvalue weighted by Gasteiger charge is 2.20. The molecule has 0 spiro atoms. The third-order valence-corrected chi connectivity index (χ3v) is 8.17. The number of aryl methyl sites for hydroxylation is 2. The predicted molar refractivity (Wildman–Crippen MR) is 165 cm³/mol. The maximum Gasteiger partial charge on any atom is 0.268 e. The average Bonchev–Trinajstić information content (AvgIpc) is 3.55. The van der Waals surface area contributed by atoms with E-state index >= 15 is 0 Å². The van der Waals surface area contributed by atoms with Crippen molar-refractivity contribution in [3.05, 3.63) is 92.5 Å². The summed E-state index contributed by atoms with van der Waals surface area (Å²) in [4.78, 5) is 31.9. The van der Waals surface area contributed by atoms with Gasteiger partial charge >= 0.3 is 0 Å². The normalized spacial score (nSPS) is 11.3. The van der Waals surface area contributed by atoms with Crippen LogP contribution < -0.4 is 20.3 Å². The summed E-state index contributed by atoms with van der Waals surface area (Å²) in [6.07, 6.45) is 0.690. The molecule has 0 aliphatic rings. The second-order valence-corrected chi connectivity index (χ2v) is 11.4. The van der Waals surface area contributed by atoms with Crippen LogP contribution in [-0.2, 0) is 17.6 Å². The molecule has 1 N–H and O–H groups in total. The van der Waals surface area contributed by atoms with Crippen LogP contribution in [0.4, 0.5) is 0 Å². The Morgan fingerprint density at radius 1 is 1.02 bits per heavy atom. The van der Waals surface area contributed by atoms with Gasteiger partial charge in [-0.05, 0) is 67.6 Å². The number of carbonyl (C=O) groups excluding carboxylic acids is 1. The fourth-order valence-corrected chi connectivity index (χ4v) is 5.92. The standard InChI is InChI=1S/C32H35N5O4S/c1-19(2)23-8-10-24(11-9-23)37-20(3)15-26(35-37)30-21(4)34-32-36(31(30)39)25(18-42-32)17-29(38)33-14-13-22-7-12-27(40-5)28(16-22)41-6/h7-12,15-16,18-19H,13-14,17H2,1-6H3,(H,33,38). The molecule has 0 bridgehead atoms. The summed E-state index contributed by atoms with van der Waals surface area (Å²) >= 11 is 1.35. The van der Waals surface area contributed by atoms with Gasteiger partial charge in [0.05, 0.1) is 37.6 Å². The van der Waals surface area contributed by atoms with E-state index in [-0.39, 0.29) is 17.9 Å². The second-order valence-electron chi connectivity index (χ2n) is 10.5. The van der Waals surface area contributed by atoms with Crippen LogP contribution in [0.1, 0.15) is 48.0 Å². The van der Waals surface area contributed by atoms with Crippen LogP contribution in [0.15, 0.2) is 58.7 Å². The minimum Gasteiger partial charge on any atom is -0.493 e. The summed E-state index contributed by atoms with van der Waals surface area (Å²) in [5.74, 6) is 1.57. The van der Waals surface area contributed by atoms with Crippen molar-refractivity contribution in [2.45, 2.75) is 46.5 Å². The molecule has 42 heavy (non-hydrogen) atoms. The van der Waals surface area contributed by atoms with Gasteiger partial charge in [0.2, 0.25) is 5.91 Å². The first-order valence-corrected chi connectivity index (χ1v) is 14.7. The molecule has 0 aliphatic carbocycles. The highest BCUT2D eigenvalue weighted by molar-refractivity contribution is 7.15. The first kappa shape index (κ1) is 29.1. The molecule has 0 saturated carbocycles. The molecule has 9 nitrogen and oxygen atoms in total. The third kappa shape index (κ3) is 5.80. The lowest BCUT2D eigenvalue weighted by Crippen LogP contribution is -2.29. The molecule has 5 rings (SSSR count). The van der Waals surface area contributed by atoms with Gasteiger partial charge in [0.1, 0.15) is 5.69 Å². The molecule has 0 atom stereocenters. The van der Waals surface area contributed by atoms with Crippen LogP contribution in [0.3, 0.4) is 0 Å². The average molecular weight is 586 g/mol. The highest BCUT2D eigenvalue weighted by atomic mass is 32.1. The van der Waals surface area contributed by atoms with Crippen molar-refractivity contribution in [2.24, 2.45) is 0 Å². The van der Waals surface area contributed by atoms with E-state index in [4.69, 9.17) is 19.6 Å². The number of rotatable bonds is 10. The van der Waals surface area contributed by atoms with E-state index in [2.05, 4.69) is 31.3 Å². The highest BCUT2D eigenvalue weighted by Crippen LogP contribution is 2.28. The zero-order valence-electron chi connectivity index (χ0n) is 24.7. The number of benzene rings is 2. The molecule has 2 aromatic carbocycles. The van der Waals surface area contributed by atoms with Gasteiger partial charge in [0, 0.05) is 23.3 Å². The molecule has 3 heterocycles. The Morgan fingerprint density at radius 2 is 1.76 bits per heavy atom. The Hall–Kier alpha value is -4.44. The fraction of sp³-hybridized carbons (Fsp3) is 0.312. The van der Waals surface area contributed by atoms with Crippen molar-refractivity contribution >= 4 is 22.2 Å². The second kappa shape index (κ2) is 12.2. The van der Waals surface area contributed by atoms with E-state index in [1.54, 1.807) is 14.2 Å². The largest absolute Gasteiger partial charge is 0.493 e. The monoisotopic (exact) mass is 585 g/mol. The van der Waals surface area contributed by atoms with E-state index in [0.717, 1.165) is 16.9 Å². The van der Waals surface area contributed by atoms with E-state index in [1.165, 1.54) is 21.3 Å². The molecular weight excluding hydrogens is 550 g/mol. The molecule has 0 fully saturated rings. The van der Waals surface area contributed by atoms with E-state index in [0.29, 0.717) is 58.0 Å². The summed E-state index contributed by atoms with van der Waals surface area (Å²) < 4.78 is 14.0. The molecular formula is C32H35N5O4S. The van der Waals surface area contributed by atoms with Crippen LogP contribution in [-0.4, -0.2) is 45.8 Å².